The molecule has 0 unspecified atom stereocenters. The lowest BCUT2D eigenvalue weighted by Crippen LogP contribution is -2.52. The van der Waals surface area contributed by atoms with Crippen molar-refractivity contribution in [2.45, 2.75) is 63.5 Å². The van der Waals surface area contributed by atoms with Gasteiger partial charge >= 0.3 is 6.09 Å². The number of nitrogens with zero attached hydrogens (tertiary/aromatic N) is 1. The number of alkyl carbamates (subject to hydrolysis) is 1. The topological polar surface area (TPSA) is 60.0 Å². The van der Waals surface area contributed by atoms with Crippen molar-refractivity contribution in [3.63, 3.8) is 0 Å². The molecule has 4 rings (SSSR count). The summed E-state index contributed by atoms with van der Waals surface area (Å²) in [7, 11) is 0. The van der Waals surface area contributed by atoms with E-state index >= 15 is 0 Å². The van der Waals surface area contributed by atoms with E-state index in [2.05, 4.69) is 26.1 Å². The summed E-state index contributed by atoms with van der Waals surface area (Å²) in [5.41, 5.74) is -0.604. The van der Waals surface area contributed by atoms with E-state index in [-0.39, 0.29) is 17.7 Å². The third-order valence-electron chi connectivity index (χ3n) is 6.14. The van der Waals surface area contributed by atoms with Crippen molar-refractivity contribution in [2.75, 3.05) is 19.7 Å². The third-order valence-corrected chi connectivity index (χ3v) is 6.66. The Bertz CT molecular complexity index is 1030. The number of halogens is 3. The lowest BCUT2D eigenvalue weighted by Gasteiger charge is -2.40. The third kappa shape index (κ3) is 6.92. The maximum Gasteiger partial charge on any atom is 0.407 e. The Hall–Kier alpha value is -2.23. The van der Waals surface area contributed by atoms with Crippen LogP contribution in [0.5, 0.6) is 5.75 Å². The highest BCUT2D eigenvalue weighted by Crippen LogP contribution is 2.34. The zero-order chi connectivity index (χ0) is 25.2. The maximum atomic E-state index is 14.6. The number of benzene rings is 2. The standard InChI is InChI=1S/C26H31BrF2N2O4/c1-26(2,3)35-25(32)30-23-13-18(15-33-24(23)21-12-17(28)6-9-22(21)29)31-11-10-20(14-31)34-19-7-4-16(27)5-8-19/h4-9,12,18,20,23-24H,10-11,13-15H2,1-3H3,(H,30,32)/t18-,20+,23-,24+/m0/s1. The predicted molar refractivity (Wildman–Crippen MR) is 131 cm³/mol. The van der Waals surface area contributed by atoms with Gasteiger partial charge in [-0.05, 0) is 76.1 Å². The smallest absolute Gasteiger partial charge is 0.407 e. The van der Waals surface area contributed by atoms with Crippen LogP contribution >= 0.6 is 15.9 Å². The maximum absolute atomic E-state index is 14.6. The Morgan fingerprint density at radius 2 is 1.91 bits per heavy atom. The fraction of sp³-hybridized carbons (Fsp3) is 0.500. The molecule has 190 valence electrons. The van der Waals surface area contributed by atoms with Crippen LogP contribution in [0.15, 0.2) is 46.9 Å². The van der Waals surface area contributed by atoms with Crippen LogP contribution in [0.2, 0.25) is 0 Å². The van der Waals surface area contributed by atoms with E-state index in [1.807, 2.05) is 24.3 Å². The van der Waals surface area contributed by atoms with Crippen LogP contribution in [0.1, 0.15) is 45.3 Å². The molecule has 2 aromatic rings. The van der Waals surface area contributed by atoms with Crippen LogP contribution in [0.3, 0.4) is 0 Å². The first-order valence-electron chi connectivity index (χ1n) is 11.8. The Labute approximate surface area is 213 Å². The largest absolute Gasteiger partial charge is 0.489 e. The van der Waals surface area contributed by atoms with Gasteiger partial charge in [0.15, 0.2) is 0 Å². The number of hydrogen-bond acceptors (Lipinski definition) is 5. The Morgan fingerprint density at radius 1 is 1.17 bits per heavy atom. The molecule has 0 aromatic heterocycles. The SMILES string of the molecule is CC(C)(C)OC(=O)N[C@H]1C[C@H](N2CC[C@@H](Oc3ccc(Br)cc3)C2)CO[C@@H]1c1cc(F)ccc1F. The summed E-state index contributed by atoms with van der Waals surface area (Å²) in [4.78, 5) is 14.8. The molecule has 2 aliphatic heterocycles. The summed E-state index contributed by atoms with van der Waals surface area (Å²) in [5, 5.41) is 2.84. The van der Waals surface area contributed by atoms with E-state index in [4.69, 9.17) is 14.2 Å². The highest BCUT2D eigenvalue weighted by Gasteiger charge is 2.40. The number of likely N-dealkylation sites (tertiary alicyclic amines) is 1. The number of rotatable bonds is 5. The zero-order valence-electron chi connectivity index (χ0n) is 20.1. The van der Waals surface area contributed by atoms with Gasteiger partial charge in [-0.2, -0.15) is 0 Å². The molecule has 0 bridgehead atoms. The molecule has 1 N–H and O–H groups in total. The molecule has 2 heterocycles. The summed E-state index contributed by atoms with van der Waals surface area (Å²) >= 11 is 3.43. The lowest BCUT2D eigenvalue weighted by molar-refractivity contribution is -0.0584. The minimum atomic E-state index is -0.827. The van der Waals surface area contributed by atoms with Gasteiger partial charge in [0, 0.05) is 29.2 Å². The molecule has 6 nitrogen and oxygen atoms in total. The Kier molecular flexibility index (Phi) is 7.98. The van der Waals surface area contributed by atoms with E-state index in [1.54, 1.807) is 20.8 Å². The summed E-state index contributed by atoms with van der Waals surface area (Å²) < 4.78 is 47.1. The van der Waals surface area contributed by atoms with Gasteiger partial charge in [-0.25, -0.2) is 13.6 Å². The van der Waals surface area contributed by atoms with Crippen molar-refractivity contribution >= 4 is 22.0 Å². The average Bonchev–Trinajstić information content (AvgIpc) is 3.24. The molecule has 2 saturated heterocycles. The lowest BCUT2D eigenvalue weighted by atomic mass is 9.92. The first-order valence-corrected chi connectivity index (χ1v) is 12.6. The molecule has 0 spiro atoms. The normalized spacial score (nSPS) is 25.3. The van der Waals surface area contributed by atoms with Crippen LogP contribution in [-0.2, 0) is 9.47 Å². The summed E-state index contributed by atoms with van der Waals surface area (Å²) in [6.07, 6.45) is -0.0473. The van der Waals surface area contributed by atoms with Crippen molar-refractivity contribution in [2.24, 2.45) is 0 Å². The van der Waals surface area contributed by atoms with Crippen LogP contribution in [0, 0.1) is 11.6 Å². The molecule has 1 amide bonds. The van der Waals surface area contributed by atoms with Crippen molar-refractivity contribution in [3.8, 4) is 5.75 Å². The van der Waals surface area contributed by atoms with E-state index in [1.165, 1.54) is 0 Å². The summed E-state index contributed by atoms with van der Waals surface area (Å²) in [6.45, 7) is 7.17. The van der Waals surface area contributed by atoms with Gasteiger partial charge in [-0.3, -0.25) is 4.90 Å². The minimum Gasteiger partial charge on any atom is -0.489 e. The highest BCUT2D eigenvalue weighted by molar-refractivity contribution is 9.10. The predicted octanol–water partition coefficient (Wildman–Crippen LogP) is 5.60. The monoisotopic (exact) mass is 552 g/mol. The molecule has 2 aromatic carbocycles. The fourth-order valence-electron chi connectivity index (χ4n) is 4.59. The second-order valence-corrected chi connectivity index (χ2v) is 11.0. The number of hydrogen-bond donors (Lipinski definition) is 1. The molecule has 2 fully saturated rings. The van der Waals surface area contributed by atoms with Crippen LogP contribution in [-0.4, -0.2) is 54.5 Å². The van der Waals surface area contributed by atoms with E-state index in [0.717, 1.165) is 41.4 Å². The number of amides is 1. The number of ether oxygens (including phenoxy) is 3. The number of carbonyl (C=O) groups is 1. The second-order valence-electron chi connectivity index (χ2n) is 10.0. The number of nitrogens with one attached hydrogen (secondary N) is 1. The first-order chi connectivity index (χ1) is 16.6. The Balaban J connectivity index is 1.45. The van der Waals surface area contributed by atoms with Crippen LogP contribution < -0.4 is 10.1 Å². The van der Waals surface area contributed by atoms with Gasteiger partial charge in [0.2, 0.25) is 0 Å². The summed E-state index contributed by atoms with van der Waals surface area (Å²) in [5.74, 6) is -0.323. The second kappa shape index (κ2) is 10.8. The minimum absolute atomic E-state index is 0.0127. The van der Waals surface area contributed by atoms with E-state index in [0.29, 0.717) is 19.6 Å². The van der Waals surface area contributed by atoms with Crippen molar-refractivity contribution in [3.05, 3.63) is 64.1 Å². The molecule has 0 radical (unpaired) electrons. The van der Waals surface area contributed by atoms with Crippen molar-refractivity contribution < 1.29 is 27.8 Å². The van der Waals surface area contributed by atoms with Crippen LogP contribution in [0.4, 0.5) is 13.6 Å². The van der Waals surface area contributed by atoms with Crippen LogP contribution in [0.25, 0.3) is 0 Å². The molecular formula is C26H31BrF2N2O4. The first kappa shape index (κ1) is 25.9. The van der Waals surface area contributed by atoms with Crippen molar-refractivity contribution in [1.82, 2.24) is 10.2 Å². The molecule has 9 heteroatoms. The van der Waals surface area contributed by atoms with Gasteiger partial charge in [0.25, 0.3) is 0 Å². The summed E-state index contributed by atoms with van der Waals surface area (Å²) in [6, 6.07) is 10.4. The van der Waals surface area contributed by atoms with E-state index < -0.39 is 35.5 Å². The van der Waals surface area contributed by atoms with Gasteiger partial charge in [0.1, 0.15) is 35.2 Å². The molecule has 4 atom stereocenters. The van der Waals surface area contributed by atoms with E-state index in [9.17, 15) is 13.6 Å². The fourth-order valence-corrected chi connectivity index (χ4v) is 4.85. The highest BCUT2D eigenvalue weighted by atomic mass is 79.9. The molecule has 0 saturated carbocycles. The number of carbonyl (C=O) groups excluding carboxylic acids is 1. The van der Waals surface area contributed by atoms with Crippen molar-refractivity contribution in [1.29, 1.82) is 0 Å². The Morgan fingerprint density at radius 3 is 2.63 bits per heavy atom. The molecule has 35 heavy (non-hydrogen) atoms. The van der Waals surface area contributed by atoms with Gasteiger partial charge < -0.3 is 19.5 Å². The van der Waals surface area contributed by atoms with Gasteiger partial charge in [-0.15, -0.1) is 0 Å². The molecule has 0 aliphatic carbocycles. The van der Waals surface area contributed by atoms with Gasteiger partial charge in [-0.1, -0.05) is 15.9 Å². The average molecular weight is 553 g/mol. The molecular weight excluding hydrogens is 522 g/mol. The quantitative estimate of drug-likeness (QED) is 0.522. The zero-order valence-corrected chi connectivity index (χ0v) is 21.7. The van der Waals surface area contributed by atoms with Gasteiger partial charge in [0.05, 0.1) is 12.6 Å². The molecule has 2 aliphatic rings.